The summed E-state index contributed by atoms with van der Waals surface area (Å²) in [5.74, 6) is 1.21. The van der Waals surface area contributed by atoms with Gasteiger partial charge in [-0.2, -0.15) is 0 Å². The number of benzene rings is 1. The van der Waals surface area contributed by atoms with Crippen LogP contribution in [0.3, 0.4) is 0 Å². The van der Waals surface area contributed by atoms with Crippen LogP contribution in [0.4, 0.5) is 11.5 Å². The first-order chi connectivity index (χ1) is 8.15. The van der Waals surface area contributed by atoms with Crippen molar-refractivity contribution in [3.8, 4) is 0 Å². The van der Waals surface area contributed by atoms with Crippen molar-refractivity contribution in [2.75, 3.05) is 17.7 Å². The Bertz CT molecular complexity index is 515. The Kier molecular flexibility index (Phi) is 3.58. The molecule has 0 atom stereocenters. The van der Waals surface area contributed by atoms with E-state index in [9.17, 15) is 0 Å². The van der Waals surface area contributed by atoms with Gasteiger partial charge in [-0.1, -0.05) is 22.0 Å². The number of aromatic nitrogens is 2. The van der Waals surface area contributed by atoms with E-state index in [1.807, 2.05) is 31.3 Å². The Morgan fingerprint density at radius 2 is 2.18 bits per heavy atom. The zero-order valence-electron chi connectivity index (χ0n) is 9.47. The van der Waals surface area contributed by atoms with Gasteiger partial charge in [0, 0.05) is 23.4 Å². The van der Waals surface area contributed by atoms with E-state index in [2.05, 4.69) is 30.8 Å². The van der Waals surface area contributed by atoms with Gasteiger partial charge in [0.25, 0.3) is 0 Å². The second kappa shape index (κ2) is 5.14. The molecule has 0 unspecified atom stereocenters. The first-order valence-electron chi connectivity index (χ1n) is 5.19. The molecule has 0 spiro atoms. The smallest absolute Gasteiger partial charge is 0.149 e. The molecule has 0 aliphatic carbocycles. The molecular formula is C12H13BrN4. The van der Waals surface area contributed by atoms with Gasteiger partial charge in [0.15, 0.2) is 0 Å². The summed E-state index contributed by atoms with van der Waals surface area (Å²) in [6.07, 6.45) is 1.67. The predicted molar refractivity (Wildman–Crippen MR) is 72.7 cm³/mol. The lowest BCUT2D eigenvalue weighted by Crippen LogP contribution is -2.18. The topological polar surface area (TPSA) is 55.0 Å². The molecule has 0 saturated heterocycles. The van der Waals surface area contributed by atoms with Gasteiger partial charge in [-0.25, -0.2) is 9.97 Å². The van der Waals surface area contributed by atoms with Crippen LogP contribution in [-0.4, -0.2) is 17.0 Å². The largest absolute Gasteiger partial charge is 0.384 e. The van der Waals surface area contributed by atoms with Crippen molar-refractivity contribution in [3.63, 3.8) is 0 Å². The summed E-state index contributed by atoms with van der Waals surface area (Å²) in [5, 5.41) is 0. The highest BCUT2D eigenvalue weighted by Crippen LogP contribution is 2.19. The van der Waals surface area contributed by atoms with E-state index in [0.29, 0.717) is 18.2 Å². The number of anilines is 2. The average Bonchev–Trinajstić information content (AvgIpc) is 2.29. The van der Waals surface area contributed by atoms with E-state index in [1.165, 1.54) is 0 Å². The van der Waals surface area contributed by atoms with Crippen LogP contribution in [0.2, 0.25) is 0 Å². The van der Waals surface area contributed by atoms with Gasteiger partial charge in [0.2, 0.25) is 0 Å². The minimum Gasteiger partial charge on any atom is -0.384 e. The lowest BCUT2D eigenvalue weighted by atomic mass is 10.3. The SMILES string of the molecule is CN(Cc1nccc(N)n1)c1cccc(Br)c1. The number of nitrogens with two attached hydrogens (primary N) is 1. The fourth-order valence-corrected chi connectivity index (χ4v) is 1.90. The Morgan fingerprint density at radius 3 is 2.88 bits per heavy atom. The minimum atomic E-state index is 0.498. The maximum absolute atomic E-state index is 5.62. The summed E-state index contributed by atoms with van der Waals surface area (Å²) < 4.78 is 1.05. The number of halogens is 1. The van der Waals surface area contributed by atoms with E-state index in [0.717, 1.165) is 10.2 Å². The molecule has 0 fully saturated rings. The number of rotatable bonds is 3. The zero-order valence-corrected chi connectivity index (χ0v) is 11.1. The lowest BCUT2D eigenvalue weighted by Gasteiger charge is -2.18. The van der Waals surface area contributed by atoms with E-state index in [1.54, 1.807) is 12.3 Å². The van der Waals surface area contributed by atoms with Gasteiger partial charge in [0.05, 0.1) is 6.54 Å². The number of nitrogens with zero attached hydrogens (tertiary/aromatic N) is 3. The van der Waals surface area contributed by atoms with Crippen LogP contribution >= 0.6 is 15.9 Å². The van der Waals surface area contributed by atoms with Crippen LogP contribution in [0.1, 0.15) is 5.82 Å². The first-order valence-corrected chi connectivity index (χ1v) is 5.98. The Labute approximate surface area is 109 Å². The third-order valence-corrected chi connectivity index (χ3v) is 2.85. The summed E-state index contributed by atoms with van der Waals surface area (Å²) in [7, 11) is 1.99. The van der Waals surface area contributed by atoms with Crippen molar-refractivity contribution in [1.82, 2.24) is 9.97 Å². The maximum atomic E-state index is 5.62. The molecule has 0 amide bonds. The maximum Gasteiger partial charge on any atom is 0.149 e. The van der Waals surface area contributed by atoms with E-state index in [-0.39, 0.29) is 0 Å². The highest BCUT2D eigenvalue weighted by molar-refractivity contribution is 9.10. The fourth-order valence-electron chi connectivity index (χ4n) is 1.51. The molecule has 0 saturated carbocycles. The molecule has 17 heavy (non-hydrogen) atoms. The van der Waals surface area contributed by atoms with E-state index in [4.69, 9.17) is 5.73 Å². The Hall–Kier alpha value is -1.62. The number of hydrogen-bond donors (Lipinski definition) is 1. The van der Waals surface area contributed by atoms with Crippen LogP contribution in [-0.2, 0) is 6.54 Å². The fraction of sp³-hybridized carbons (Fsp3) is 0.167. The summed E-state index contributed by atoms with van der Waals surface area (Å²) in [6, 6.07) is 9.76. The van der Waals surface area contributed by atoms with Crippen molar-refractivity contribution in [1.29, 1.82) is 0 Å². The van der Waals surface area contributed by atoms with Crippen molar-refractivity contribution in [3.05, 3.63) is 46.8 Å². The van der Waals surface area contributed by atoms with Crippen molar-refractivity contribution >= 4 is 27.4 Å². The van der Waals surface area contributed by atoms with E-state index < -0.39 is 0 Å². The van der Waals surface area contributed by atoms with Crippen LogP contribution in [0.5, 0.6) is 0 Å². The molecule has 0 bridgehead atoms. The van der Waals surface area contributed by atoms with Gasteiger partial charge in [-0.05, 0) is 24.3 Å². The van der Waals surface area contributed by atoms with Crippen molar-refractivity contribution < 1.29 is 0 Å². The highest BCUT2D eigenvalue weighted by atomic mass is 79.9. The molecule has 88 valence electrons. The third kappa shape index (κ3) is 3.17. The predicted octanol–water partition coefficient (Wildman–Crippen LogP) is 2.46. The second-order valence-electron chi connectivity index (χ2n) is 3.73. The van der Waals surface area contributed by atoms with Crippen molar-refractivity contribution in [2.24, 2.45) is 0 Å². The van der Waals surface area contributed by atoms with Gasteiger partial charge in [0.1, 0.15) is 11.6 Å². The molecular weight excluding hydrogens is 280 g/mol. The Morgan fingerprint density at radius 1 is 1.35 bits per heavy atom. The molecule has 0 radical (unpaired) electrons. The molecule has 2 aromatic rings. The molecule has 5 heteroatoms. The lowest BCUT2D eigenvalue weighted by molar-refractivity contribution is 0.840. The molecule has 1 heterocycles. The number of nitrogen functional groups attached to an aromatic ring is 1. The summed E-state index contributed by atoms with van der Waals surface area (Å²) >= 11 is 3.45. The molecule has 2 N–H and O–H groups in total. The summed E-state index contributed by atoms with van der Waals surface area (Å²) in [4.78, 5) is 10.4. The molecule has 0 aliphatic rings. The monoisotopic (exact) mass is 292 g/mol. The molecule has 1 aromatic heterocycles. The van der Waals surface area contributed by atoms with Crippen LogP contribution in [0.25, 0.3) is 0 Å². The van der Waals surface area contributed by atoms with Gasteiger partial charge < -0.3 is 10.6 Å². The third-order valence-electron chi connectivity index (χ3n) is 2.35. The van der Waals surface area contributed by atoms with Crippen LogP contribution < -0.4 is 10.6 Å². The Balaban J connectivity index is 2.14. The normalized spacial score (nSPS) is 10.2. The highest BCUT2D eigenvalue weighted by Gasteiger charge is 2.04. The van der Waals surface area contributed by atoms with Gasteiger partial charge in [-0.15, -0.1) is 0 Å². The molecule has 4 nitrogen and oxygen atoms in total. The molecule has 1 aromatic carbocycles. The molecule has 0 aliphatic heterocycles. The van der Waals surface area contributed by atoms with E-state index >= 15 is 0 Å². The first kappa shape index (κ1) is 11.9. The quantitative estimate of drug-likeness (QED) is 0.944. The second-order valence-corrected chi connectivity index (χ2v) is 4.65. The summed E-state index contributed by atoms with van der Waals surface area (Å²) in [5.41, 5.74) is 6.72. The summed E-state index contributed by atoms with van der Waals surface area (Å²) in [6.45, 7) is 0.626. The standard InChI is InChI=1S/C12H13BrN4/c1-17(10-4-2-3-9(13)7-10)8-12-15-6-5-11(14)16-12/h2-7H,8H2,1H3,(H2,14,15,16). The van der Waals surface area contributed by atoms with Gasteiger partial charge in [-0.3, -0.25) is 0 Å². The zero-order chi connectivity index (χ0) is 12.3. The van der Waals surface area contributed by atoms with Crippen LogP contribution in [0, 0.1) is 0 Å². The number of hydrogen-bond acceptors (Lipinski definition) is 4. The van der Waals surface area contributed by atoms with Gasteiger partial charge >= 0.3 is 0 Å². The molecule has 2 rings (SSSR count). The van der Waals surface area contributed by atoms with Crippen LogP contribution in [0.15, 0.2) is 41.0 Å². The average molecular weight is 293 g/mol. The minimum absolute atomic E-state index is 0.498. The van der Waals surface area contributed by atoms with Crippen molar-refractivity contribution in [2.45, 2.75) is 6.54 Å².